The maximum atomic E-state index is 13.4. The third-order valence-electron chi connectivity index (χ3n) is 5.75. The maximum Gasteiger partial charge on any atom is 0.242 e. The lowest BCUT2D eigenvalue weighted by Gasteiger charge is -2.29. The van der Waals surface area contributed by atoms with Gasteiger partial charge in [-0.3, -0.25) is 9.59 Å². The van der Waals surface area contributed by atoms with Gasteiger partial charge in [-0.05, 0) is 42.7 Å². The van der Waals surface area contributed by atoms with Crippen LogP contribution in [0.3, 0.4) is 0 Å². The van der Waals surface area contributed by atoms with Crippen molar-refractivity contribution in [2.45, 2.75) is 39.4 Å². The average molecular weight is 461 g/mol. The summed E-state index contributed by atoms with van der Waals surface area (Å²) in [7, 11) is 3.13. The fourth-order valence-corrected chi connectivity index (χ4v) is 3.67. The van der Waals surface area contributed by atoms with Gasteiger partial charge in [-0.2, -0.15) is 0 Å². The van der Waals surface area contributed by atoms with E-state index in [0.717, 1.165) is 16.7 Å². The fraction of sp³-hybridized carbons (Fsp3) is 0.286. The zero-order chi connectivity index (χ0) is 24.5. The minimum Gasteiger partial charge on any atom is -0.493 e. The summed E-state index contributed by atoms with van der Waals surface area (Å²) in [6.45, 7) is 4.54. The van der Waals surface area contributed by atoms with E-state index in [2.05, 4.69) is 5.32 Å². The van der Waals surface area contributed by atoms with Crippen LogP contribution < -0.4 is 14.8 Å². The Labute approximate surface area is 201 Å². The lowest BCUT2D eigenvalue weighted by Crippen LogP contribution is -2.47. The van der Waals surface area contributed by atoms with Crippen LogP contribution in [0.5, 0.6) is 11.5 Å². The number of carbonyl (C=O) groups is 2. The van der Waals surface area contributed by atoms with E-state index in [1.165, 1.54) is 5.56 Å². The molecule has 0 saturated heterocycles. The van der Waals surface area contributed by atoms with Crippen molar-refractivity contribution in [1.29, 1.82) is 0 Å². The normalized spacial score (nSPS) is 11.4. The first-order valence-corrected chi connectivity index (χ1v) is 11.3. The monoisotopic (exact) mass is 460 g/mol. The smallest absolute Gasteiger partial charge is 0.242 e. The van der Waals surface area contributed by atoms with Gasteiger partial charge in [0.15, 0.2) is 11.5 Å². The number of carbonyl (C=O) groups excluding carboxylic acids is 2. The molecular formula is C28H32N2O4. The predicted octanol–water partition coefficient (Wildman–Crippen LogP) is 4.29. The van der Waals surface area contributed by atoms with Crippen LogP contribution in [0.2, 0.25) is 0 Å². The van der Waals surface area contributed by atoms with Gasteiger partial charge in [0.2, 0.25) is 11.8 Å². The Balaban J connectivity index is 1.76. The molecule has 6 nitrogen and oxygen atoms in total. The van der Waals surface area contributed by atoms with Crippen molar-refractivity contribution in [2.24, 2.45) is 0 Å². The topological polar surface area (TPSA) is 67.9 Å². The molecule has 0 saturated carbocycles. The molecule has 0 aromatic heterocycles. The summed E-state index contributed by atoms with van der Waals surface area (Å²) in [5, 5.41) is 2.97. The van der Waals surface area contributed by atoms with Crippen molar-refractivity contribution < 1.29 is 19.1 Å². The molecule has 6 heteroatoms. The Kier molecular flexibility index (Phi) is 8.68. The van der Waals surface area contributed by atoms with Gasteiger partial charge in [-0.25, -0.2) is 0 Å². The van der Waals surface area contributed by atoms with Crippen LogP contribution in [0.25, 0.3) is 0 Å². The molecule has 0 heterocycles. The molecule has 3 aromatic rings. The Morgan fingerprint density at radius 3 is 2.15 bits per heavy atom. The number of methoxy groups -OCH3 is 2. The Morgan fingerprint density at radius 2 is 1.50 bits per heavy atom. The Morgan fingerprint density at radius 1 is 0.853 bits per heavy atom. The van der Waals surface area contributed by atoms with Crippen molar-refractivity contribution in [3.8, 4) is 11.5 Å². The van der Waals surface area contributed by atoms with Gasteiger partial charge < -0.3 is 19.7 Å². The highest BCUT2D eigenvalue weighted by Gasteiger charge is 2.26. The maximum absolute atomic E-state index is 13.4. The van der Waals surface area contributed by atoms with Gasteiger partial charge in [0, 0.05) is 13.1 Å². The van der Waals surface area contributed by atoms with Gasteiger partial charge >= 0.3 is 0 Å². The second-order valence-corrected chi connectivity index (χ2v) is 8.25. The van der Waals surface area contributed by atoms with Crippen molar-refractivity contribution in [1.82, 2.24) is 10.2 Å². The van der Waals surface area contributed by atoms with Gasteiger partial charge in [0.1, 0.15) is 6.04 Å². The number of aryl methyl sites for hydroxylation is 1. The average Bonchev–Trinajstić information content (AvgIpc) is 2.86. The lowest BCUT2D eigenvalue weighted by molar-refractivity contribution is -0.140. The number of ether oxygens (including phenoxy) is 2. The minimum atomic E-state index is -0.640. The molecule has 1 atom stereocenters. The second-order valence-electron chi connectivity index (χ2n) is 8.25. The number of nitrogens with one attached hydrogen (secondary N) is 1. The molecule has 1 N–H and O–H groups in total. The summed E-state index contributed by atoms with van der Waals surface area (Å²) in [6.07, 6.45) is 0.142. The highest BCUT2D eigenvalue weighted by molar-refractivity contribution is 5.88. The summed E-state index contributed by atoms with van der Waals surface area (Å²) >= 11 is 0. The van der Waals surface area contributed by atoms with E-state index in [-0.39, 0.29) is 18.2 Å². The fourth-order valence-electron chi connectivity index (χ4n) is 3.67. The summed E-state index contributed by atoms with van der Waals surface area (Å²) < 4.78 is 10.7. The summed E-state index contributed by atoms with van der Waals surface area (Å²) in [6, 6.07) is 22.5. The zero-order valence-electron chi connectivity index (χ0n) is 20.2. The SMILES string of the molecule is COc1ccc(CC(=O)N(Cc2ccccc2)[C@H](C)C(=O)NCc2ccc(C)cc2)cc1OC. The molecule has 2 amide bonds. The number of nitrogens with zero attached hydrogens (tertiary/aromatic N) is 1. The van der Waals surface area contributed by atoms with E-state index in [0.29, 0.717) is 24.6 Å². The molecule has 0 aliphatic heterocycles. The first-order chi connectivity index (χ1) is 16.4. The molecule has 0 aliphatic rings. The molecule has 0 fully saturated rings. The third kappa shape index (κ3) is 6.61. The number of hydrogen-bond donors (Lipinski definition) is 1. The molecule has 3 aromatic carbocycles. The van der Waals surface area contributed by atoms with Crippen molar-refractivity contribution >= 4 is 11.8 Å². The number of hydrogen-bond acceptors (Lipinski definition) is 4. The van der Waals surface area contributed by atoms with Crippen molar-refractivity contribution in [2.75, 3.05) is 14.2 Å². The first-order valence-electron chi connectivity index (χ1n) is 11.3. The van der Waals surface area contributed by atoms with Crippen molar-refractivity contribution in [3.63, 3.8) is 0 Å². The van der Waals surface area contributed by atoms with E-state index >= 15 is 0 Å². The molecule has 0 aliphatic carbocycles. The zero-order valence-corrected chi connectivity index (χ0v) is 20.2. The van der Waals surface area contributed by atoms with E-state index in [1.54, 1.807) is 38.2 Å². The van der Waals surface area contributed by atoms with E-state index in [9.17, 15) is 9.59 Å². The molecular weight excluding hydrogens is 428 g/mol. The number of benzene rings is 3. The molecule has 34 heavy (non-hydrogen) atoms. The summed E-state index contributed by atoms with van der Waals surface area (Å²) in [5.74, 6) is 0.821. The summed E-state index contributed by atoms with van der Waals surface area (Å²) in [5.41, 5.74) is 3.92. The van der Waals surface area contributed by atoms with Gasteiger partial charge in [-0.1, -0.05) is 66.2 Å². The lowest BCUT2D eigenvalue weighted by atomic mass is 10.1. The van der Waals surface area contributed by atoms with Crippen LogP contribution in [0.15, 0.2) is 72.8 Å². The van der Waals surface area contributed by atoms with E-state index in [1.807, 2.05) is 67.6 Å². The summed E-state index contributed by atoms with van der Waals surface area (Å²) in [4.78, 5) is 28.0. The molecule has 0 unspecified atom stereocenters. The van der Waals surface area contributed by atoms with Gasteiger partial charge in [-0.15, -0.1) is 0 Å². The highest BCUT2D eigenvalue weighted by atomic mass is 16.5. The number of rotatable bonds is 10. The van der Waals surface area contributed by atoms with E-state index in [4.69, 9.17) is 9.47 Å². The third-order valence-corrected chi connectivity index (χ3v) is 5.75. The van der Waals surface area contributed by atoms with Crippen molar-refractivity contribution in [3.05, 3.63) is 95.1 Å². The molecule has 0 bridgehead atoms. The van der Waals surface area contributed by atoms with Crippen LogP contribution in [0.4, 0.5) is 0 Å². The largest absolute Gasteiger partial charge is 0.493 e. The highest BCUT2D eigenvalue weighted by Crippen LogP contribution is 2.28. The molecule has 0 spiro atoms. The first kappa shape index (κ1) is 24.8. The quantitative estimate of drug-likeness (QED) is 0.490. The van der Waals surface area contributed by atoms with E-state index < -0.39 is 6.04 Å². The molecule has 0 radical (unpaired) electrons. The predicted molar refractivity (Wildman–Crippen MR) is 133 cm³/mol. The van der Waals surface area contributed by atoms with Gasteiger partial charge in [0.05, 0.1) is 20.6 Å². The van der Waals surface area contributed by atoms with Crippen LogP contribution in [-0.4, -0.2) is 37.0 Å². The van der Waals surface area contributed by atoms with Crippen LogP contribution >= 0.6 is 0 Å². The minimum absolute atomic E-state index is 0.142. The number of amides is 2. The molecule has 178 valence electrons. The van der Waals surface area contributed by atoms with Gasteiger partial charge in [0.25, 0.3) is 0 Å². The molecule has 3 rings (SSSR count). The standard InChI is InChI=1S/C28H32N2O4/c1-20-10-12-22(13-11-20)18-29-28(32)21(2)30(19-23-8-6-5-7-9-23)27(31)17-24-14-15-25(33-3)26(16-24)34-4/h5-16,21H,17-19H2,1-4H3,(H,29,32)/t21-/m1/s1. The second kappa shape index (κ2) is 11.9. The van der Waals surface area contributed by atoms with Crippen LogP contribution in [0, 0.1) is 6.92 Å². The Bertz CT molecular complexity index is 1100. The van der Waals surface area contributed by atoms with Crippen LogP contribution in [0.1, 0.15) is 29.2 Å². The Hall–Kier alpha value is -3.80. The van der Waals surface area contributed by atoms with Crippen LogP contribution in [-0.2, 0) is 29.1 Å².